The van der Waals surface area contributed by atoms with E-state index < -0.39 is 11.6 Å². The number of aliphatic carboxylic acids is 1. The van der Waals surface area contributed by atoms with Crippen molar-refractivity contribution in [2.75, 3.05) is 6.61 Å². The van der Waals surface area contributed by atoms with E-state index in [1.54, 1.807) is 30.3 Å². The van der Waals surface area contributed by atoms with Crippen molar-refractivity contribution < 1.29 is 33.3 Å². The van der Waals surface area contributed by atoms with Gasteiger partial charge in [0.2, 0.25) is 5.78 Å². The van der Waals surface area contributed by atoms with Gasteiger partial charge in [-0.3, -0.25) is 9.59 Å². The molecule has 6 nitrogen and oxygen atoms in total. The molecule has 1 fully saturated rings. The summed E-state index contributed by atoms with van der Waals surface area (Å²) in [6, 6.07) is 12.1. The SMILES string of the molecule is Cc1cc2c(c(C)c1-c1ccc(F)c(COc3ccc4c(c3)OCC4CC(=O)O)c1)C(=O)C1(CC1)O2. The maximum Gasteiger partial charge on any atom is 0.304 e. The summed E-state index contributed by atoms with van der Waals surface area (Å²) in [5.74, 6) is 0.356. The molecule has 3 aromatic carbocycles. The molecule has 0 bridgehead atoms. The van der Waals surface area contributed by atoms with Crippen molar-refractivity contribution >= 4 is 11.8 Å². The molecule has 2 heterocycles. The fraction of sp³-hybridized carbons (Fsp3) is 0.310. The van der Waals surface area contributed by atoms with Gasteiger partial charge in [-0.25, -0.2) is 4.39 Å². The third-order valence-corrected chi connectivity index (χ3v) is 7.40. The van der Waals surface area contributed by atoms with Crippen molar-refractivity contribution in [2.45, 2.75) is 51.2 Å². The molecule has 0 radical (unpaired) electrons. The van der Waals surface area contributed by atoms with Crippen LogP contribution >= 0.6 is 0 Å². The van der Waals surface area contributed by atoms with Crippen molar-refractivity contribution in [2.24, 2.45) is 0 Å². The van der Waals surface area contributed by atoms with Crippen LogP contribution in [0.4, 0.5) is 4.39 Å². The number of hydrogen-bond acceptors (Lipinski definition) is 5. The maximum absolute atomic E-state index is 14.7. The summed E-state index contributed by atoms with van der Waals surface area (Å²) in [6.45, 7) is 4.21. The zero-order valence-electron chi connectivity index (χ0n) is 20.0. The Kier molecular flexibility index (Phi) is 5.07. The van der Waals surface area contributed by atoms with E-state index in [4.69, 9.17) is 19.3 Å². The lowest BCUT2D eigenvalue weighted by atomic mass is 9.89. The third-order valence-electron chi connectivity index (χ3n) is 7.40. The van der Waals surface area contributed by atoms with Crippen molar-refractivity contribution in [3.05, 3.63) is 76.1 Å². The first-order chi connectivity index (χ1) is 17.3. The van der Waals surface area contributed by atoms with E-state index in [2.05, 4.69) is 0 Å². The Morgan fingerprint density at radius 3 is 2.67 bits per heavy atom. The lowest BCUT2D eigenvalue weighted by molar-refractivity contribution is -0.137. The Morgan fingerprint density at radius 1 is 1.11 bits per heavy atom. The van der Waals surface area contributed by atoms with Crippen molar-refractivity contribution in [1.82, 2.24) is 0 Å². The summed E-state index contributed by atoms with van der Waals surface area (Å²) < 4.78 is 32.3. The number of carbonyl (C=O) groups is 2. The van der Waals surface area contributed by atoms with E-state index in [0.29, 0.717) is 35.0 Å². The predicted molar refractivity (Wildman–Crippen MR) is 129 cm³/mol. The minimum absolute atomic E-state index is 0.00516. The van der Waals surface area contributed by atoms with Crippen LogP contribution in [0.2, 0.25) is 0 Å². The number of aryl methyl sites for hydroxylation is 1. The highest BCUT2D eigenvalue weighted by Gasteiger charge is 2.58. The van der Waals surface area contributed by atoms with E-state index in [9.17, 15) is 14.0 Å². The van der Waals surface area contributed by atoms with Crippen LogP contribution in [-0.2, 0) is 11.4 Å². The Balaban J connectivity index is 1.25. The molecule has 0 saturated heterocycles. The smallest absolute Gasteiger partial charge is 0.304 e. The molecule has 7 heteroatoms. The van der Waals surface area contributed by atoms with Crippen LogP contribution in [0.3, 0.4) is 0 Å². The van der Waals surface area contributed by atoms with Crippen LogP contribution in [-0.4, -0.2) is 29.1 Å². The van der Waals surface area contributed by atoms with E-state index in [1.165, 1.54) is 6.07 Å². The Bertz CT molecular complexity index is 1440. The zero-order chi connectivity index (χ0) is 25.2. The highest BCUT2D eigenvalue weighted by molar-refractivity contribution is 6.11. The molecule has 1 N–H and O–H groups in total. The van der Waals surface area contributed by atoms with Gasteiger partial charge in [0.25, 0.3) is 0 Å². The molecule has 1 aliphatic carbocycles. The average Bonchev–Trinajstić information content (AvgIpc) is 3.43. The molecule has 0 amide bonds. The Hall–Kier alpha value is -3.87. The molecule has 1 unspecified atom stereocenters. The number of hydrogen-bond donors (Lipinski definition) is 1. The van der Waals surface area contributed by atoms with E-state index >= 15 is 0 Å². The maximum atomic E-state index is 14.7. The van der Waals surface area contributed by atoms with Crippen LogP contribution in [0.5, 0.6) is 17.2 Å². The summed E-state index contributed by atoms with van der Waals surface area (Å²) in [4.78, 5) is 24.0. The van der Waals surface area contributed by atoms with Crippen LogP contribution < -0.4 is 14.2 Å². The molecule has 3 aliphatic rings. The quantitative estimate of drug-likeness (QED) is 0.476. The first-order valence-corrected chi connectivity index (χ1v) is 12.0. The van der Waals surface area contributed by atoms with Crippen LogP contribution in [0, 0.1) is 19.7 Å². The van der Waals surface area contributed by atoms with Gasteiger partial charge in [-0.15, -0.1) is 0 Å². The summed E-state index contributed by atoms with van der Waals surface area (Å²) in [6.07, 6.45) is 1.51. The number of ketones is 1. The molecule has 2 aliphatic heterocycles. The first kappa shape index (κ1) is 22.6. The van der Waals surface area contributed by atoms with E-state index in [1.807, 2.05) is 19.9 Å². The molecule has 1 atom stereocenters. The largest absolute Gasteiger partial charge is 0.492 e. The fourth-order valence-electron chi connectivity index (χ4n) is 5.41. The highest BCUT2D eigenvalue weighted by atomic mass is 19.1. The second-order valence-corrected chi connectivity index (χ2v) is 9.89. The second kappa shape index (κ2) is 8.08. The number of carbonyl (C=O) groups excluding carboxylic acids is 1. The first-order valence-electron chi connectivity index (χ1n) is 12.0. The number of ether oxygens (including phenoxy) is 3. The van der Waals surface area contributed by atoms with Gasteiger partial charge >= 0.3 is 5.97 Å². The molecular formula is C29H25FO6. The third kappa shape index (κ3) is 3.61. The molecule has 36 heavy (non-hydrogen) atoms. The minimum atomic E-state index is -0.870. The summed E-state index contributed by atoms with van der Waals surface area (Å²) in [5.41, 5.74) is 4.73. The minimum Gasteiger partial charge on any atom is -0.492 e. The molecule has 1 saturated carbocycles. The Labute approximate surface area is 207 Å². The lowest BCUT2D eigenvalue weighted by Crippen LogP contribution is -2.22. The number of fused-ring (bicyclic) bond motifs is 2. The van der Waals surface area contributed by atoms with Crippen molar-refractivity contribution in [3.8, 4) is 28.4 Å². The van der Waals surface area contributed by atoms with Gasteiger partial charge in [-0.05, 0) is 73.2 Å². The lowest BCUT2D eigenvalue weighted by Gasteiger charge is -2.15. The van der Waals surface area contributed by atoms with Crippen LogP contribution in [0.1, 0.15) is 57.8 Å². The number of carboxylic acid groups (broad SMARTS) is 1. The molecule has 3 aromatic rings. The Morgan fingerprint density at radius 2 is 1.92 bits per heavy atom. The van der Waals surface area contributed by atoms with Crippen molar-refractivity contribution in [3.63, 3.8) is 0 Å². The molecule has 6 rings (SSSR count). The van der Waals surface area contributed by atoms with Gasteiger partial charge in [0.1, 0.15) is 29.7 Å². The monoisotopic (exact) mass is 488 g/mol. The van der Waals surface area contributed by atoms with Gasteiger partial charge in [0.15, 0.2) is 5.60 Å². The fourth-order valence-corrected chi connectivity index (χ4v) is 5.41. The van der Waals surface area contributed by atoms with E-state index in [-0.39, 0.29) is 30.5 Å². The van der Waals surface area contributed by atoms with Crippen LogP contribution in [0.15, 0.2) is 42.5 Å². The number of benzene rings is 3. The highest BCUT2D eigenvalue weighted by Crippen LogP contribution is 2.52. The summed E-state index contributed by atoms with van der Waals surface area (Å²) in [7, 11) is 0. The number of Topliss-reactive ketones (excluding diaryl/α,β-unsaturated/α-hetero) is 1. The second-order valence-electron chi connectivity index (χ2n) is 9.89. The molecular weight excluding hydrogens is 463 g/mol. The van der Waals surface area contributed by atoms with Gasteiger partial charge in [0.05, 0.1) is 18.6 Å². The van der Waals surface area contributed by atoms with Crippen molar-refractivity contribution in [1.29, 1.82) is 0 Å². The van der Waals surface area contributed by atoms with Gasteiger partial charge in [-0.1, -0.05) is 12.1 Å². The molecule has 1 spiro atoms. The number of carboxylic acids is 1. The standard InChI is InChI=1S/C29H25FO6/c1-15-9-24-27(28(33)29(36-24)7-8-29)16(2)26(15)17-3-6-22(30)19(10-17)14-34-20-4-5-21-18(11-25(31)32)13-35-23(21)12-20/h3-6,9-10,12,18H,7-8,11,13-14H2,1-2H3,(H,31,32). The summed E-state index contributed by atoms with van der Waals surface area (Å²) in [5, 5.41) is 9.08. The topological polar surface area (TPSA) is 82.1 Å². The van der Waals surface area contributed by atoms with Crippen LogP contribution in [0.25, 0.3) is 11.1 Å². The number of rotatable bonds is 6. The molecule has 184 valence electrons. The zero-order valence-corrected chi connectivity index (χ0v) is 20.0. The number of halogens is 1. The summed E-state index contributed by atoms with van der Waals surface area (Å²) >= 11 is 0. The normalized spacial score (nSPS) is 18.4. The average molecular weight is 489 g/mol. The predicted octanol–water partition coefficient (Wildman–Crippen LogP) is 5.75. The van der Waals surface area contributed by atoms with Gasteiger partial charge in [0, 0.05) is 23.1 Å². The van der Waals surface area contributed by atoms with E-state index in [0.717, 1.165) is 40.7 Å². The van der Waals surface area contributed by atoms with Gasteiger partial charge < -0.3 is 19.3 Å². The van der Waals surface area contributed by atoms with Gasteiger partial charge in [-0.2, -0.15) is 0 Å². The molecule has 0 aromatic heterocycles.